The number of ether oxygens (including phenoxy) is 2. The minimum atomic E-state index is -0.899. The van der Waals surface area contributed by atoms with Crippen LogP contribution >= 0.6 is 0 Å². The van der Waals surface area contributed by atoms with Crippen LogP contribution in [0.1, 0.15) is 30.1 Å². The maximum atomic E-state index is 12.8. The number of likely N-dealkylation sites (tertiary alicyclic amines) is 1. The highest BCUT2D eigenvalue weighted by Crippen LogP contribution is 2.37. The summed E-state index contributed by atoms with van der Waals surface area (Å²) < 4.78 is 10.5. The molecule has 0 saturated carbocycles. The molecule has 0 aromatic heterocycles. The molecule has 0 aliphatic carbocycles. The van der Waals surface area contributed by atoms with Gasteiger partial charge >= 0.3 is 5.97 Å². The smallest absolute Gasteiger partial charge is 0.308 e. The fourth-order valence-electron chi connectivity index (χ4n) is 2.92. The number of methoxy groups -OCH3 is 2. The summed E-state index contributed by atoms with van der Waals surface area (Å²) in [7, 11) is 2.87. The van der Waals surface area contributed by atoms with Crippen LogP contribution in [-0.2, 0) is 9.59 Å². The first-order valence-electron chi connectivity index (χ1n) is 7.93. The Labute approximate surface area is 145 Å². The van der Waals surface area contributed by atoms with Gasteiger partial charge in [0.2, 0.25) is 5.91 Å². The van der Waals surface area contributed by atoms with Crippen molar-refractivity contribution in [2.45, 2.75) is 19.8 Å². The molecule has 25 heavy (non-hydrogen) atoms. The topological polar surface area (TPSA) is 105 Å². The molecule has 0 radical (unpaired) electrons. The van der Waals surface area contributed by atoms with Crippen LogP contribution in [0.2, 0.25) is 0 Å². The van der Waals surface area contributed by atoms with E-state index in [4.69, 9.17) is 9.47 Å². The van der Waals surface area contributed by atoms with Crippen molar-refractivity contribution in [2.75, 3.05) is 32.6 Å². The third-order valence-corrected chi connectivity index (χ3v) is 4.09. The van der Waals surface area contributed by atoms with Gasteiger partial charge in [0.15, 0.2) is 11.5 Å². The normalized spacial score (nSPS) is 16.9. The van der Waals surface area contributed by atoms with Gasteiger partial charge in [-0.15, -0.1) is 0 Å². The maximum Gasteiger partial charge on any atom is 0.308 e. The minimum Gasteiger partial charge on any atom is -0.493 e. The van der Waals surface area contributed by atoms with E-state index in [0.717, 1.165) is 0 Å². The van der Waals surface area contributed by atoms with Gasteiger partial charge in [-0.3, -0.25) is 14.4 Å². The number of aliphatic carboxylic acids is 1. The molecular formula is C17H22N2O6. The zero-order valence-electron chi connectivity index (χ0n) is 14.5. The van der Waals surface area contributed by atoms with Gasteiger partial charge < -0.3 is 24.8 Å². The molecule has 8 nitrogen and oxygen atoms in total. The van der Waals surface area contributed by atoms with Crippen molar-refractivity contribution in [3.63, 3.8) is 0 Å². The Kier molecular flexibility index (Phi) is 5.84. The fraction of sp³-hybridized carbons (Fsp3) is 0.471. The van der Waals surface area contributed by atoms with Gasteiger partial charge in [0.1, 0.15) is 0 Å². The second-order valence-electron chi connectivity index (χ2n) is 5.87. The molecule has 1 atom stereocenters. The number of hydrogen-bond acceptors (Lipinski definition) is 5. The number of carbonyl (C=O) groups is 3. The van der Waals surface area contributed by atoms with Crippen molar-refractivity contribution in [1.29, 1.82) is 0 Å². The Balaban J connectivity index is 2.35. The summed E-state index contributed by atoms with van der Waals surface area (Å²) >= 11 is 0. The summed E-state index contributed by atoms with van der Waals surface area (Å²) in [5, 5.41) is 11.8. The van der Waals surface area contributed by atoms with Crippen molar-refractivity contribution < 1.29 is 29.0 Å². The van der Waals surface area contributed by atoms with E-state index in [-0.39, 0.29) is 18.4 Å². The van der Waals surface area contributed by atoms with Gasteiger partial charge in [-0.25, -0.2) is 0 Å². The number of amides is 2. The van der Waals surface area contributed by atoms with E-state index >= 15 is 0 Å². The minimum absolute atomic E-state index is 0.165. The molecule has 8 heteroatoms. The number of carboxylic acids is 1. The Hall–Kier alpha value is -2.77. The Morgan fingerprint density at radius 3 is 2.52 bits per heavy atom. The molecule has 136 valence electrons. The molecular weight excluding hydrogens is 328 g/mol. The lowest BCUT2D eigenvalue weighted by molar-refractivity contribution is -0.143. The number of benzene rings is 1. The standard InChI is InChI=1S/C17H22N2O6/c1-10(20)18-13-7-12(8-14(24-2)15(13)25-3)16(21)19-6-4-5-11(9-19)17(22)23/h7-8,11H,4-6,9H2,1-3H3,(H,18,20)(H,22,23). The van der Waals surface area contributed by atoms with Crippen LogP contribution in [0.3, 0.4) is 0 Å². The SMILES string of the molecule is COc1cc(C(=O)N2CCCC(C(=O)O)C2)cc(NC(C)=O)c1OC. The molecule has 1 fully saturated rings. The van der Waals surface area contributed by atoms with Gasteiger partial charge in [-0.2, -0.15) is 0 Å². The fourth-order valence-corrected chi connectivity index (χ4v) is 2.92. The third kappa shape index (κ3) is 4.20. The lowest BCUT2D eigenvalue weighted by atomic mass is 9.97. The van der Waals surface area contributed by atoms with Crippen molar-refractivity contribution in [1.82, 2.24) is 4.90 Å². The second-order valence-corrected chi connectivity index (χ2v) is 5.87. The molecule has 1 aliphatic rings. The van der Waals surface area contributed by atoms with Crippen molar-refractivity contribution >= 4 is 23.5 Å². The molecule has 1 saturated heterocycles. The van der Waals surface area contributed by atoms with E-state index in [1.165, 1.54) is 38.2 Å². The van der Waals surface area contributed by atoms with E-state index < -0.39 is 11.9 Å². The van der Waals surface area contributed by atoms with Crippen LogP contribution in [0.4, 0.5) is 5.69 Å². The molecule has 2 N–H and O–H groups in total. The zero-order chi connectivity index (χ0) is 18.6. The van der Waals surface area contributed by atoms with Gasteiger partial charge in [-0.05, 0) is 25.0 Å². The molecule has 0 spiro atoms. The average Bonchev–Trinajstić information content (AvgIpc) is 2.59. The van der Waals surface area contributed by atoms with Crippen molar-refractivity contribution in [2.24, 2.45) is 5.92 Å². The number of rotatable bonds is 5. The summed E-state index contributed by atoms with van der Waals surface area (Å²) in [4.78, 5) is 36.9. The first-order chi connectivity index (χ1) is 11.9. The summed E-state index contributed by atoms with van der Waals surface area (Å²) in [6.07, 6.45) is 1.19. The predicted octanol–water partition coefficient (Wildman–Crippen LogP) is 1.60. The first kappa shape index (κ1) is 18.6. The number of carbonyl (C=O) groups excluding carboxylic acids is 2. The van der Waals surface area contributed by atoms with Crippen LogP contribution in [0.15, 0.2) is 12.1 Å². The monoisotopic (exact) mass is 350 g/mol. The number of piperidine rings is 1. The van der Waals surface area contributed by atoms with Gasteiger partial charge in [0, 0.05) is 25.6 Å². The van der Waals surface area contributed by atoms with Gasteiger partial charge in [0.05, 0.1) is 25.8 Å². The Bertz CT molecular complexity index is 688. The molecule has 1 unspecified atom stereocenters. The second kappa shape index (κ2) is 7.87. The lowest BCUT2D eigenvalue weighted by Gasteiger charge is -2.31. The molecule has 2 rings (SSSR count). The number of nitrogens with zero attached hydrogens (tertiary/aromatic N) is 1. The van der Waals surface area contributed by atoms with E-state index in [0.29, 0.717) is 42.1 Å². The highest BCUT2D eigenvalue weighted by molar-refractivity contribution is 5.99. The average molecular weight is 350 g/mol. The summed E-state index contributed by atoms with van der Waals surface area (Å²) in [6, 6.07) is 3.03. The summed E-state index contributed by atoms with van der Waals surface area (Å²) in [5.74, 6) is -1.45. The number of anilines is 1. The summed E-state index contributed by atoms with van der Waals surface area (Å²) in [6.45, 7) is 2.01. The number of nitrogens with one attached hydrogen (secondary N) is 1. The predicted molar refractivity (Wildman–Crippen MR) is 90.1 cm³/mol. The third-order valence-electron chi connectivity index (χ3n) is 4.09. The molecule has 0 bridgehead atoms. The van der Waals surface area contributed by atoms with Crippen molar-refractivity contribution in [3.05, 3.63) is 17.7 Å². The van der Waals surface area contributed by atoms with Crippen LogP contribution < -0.4 is 14.8 Å². The Morgan fingerprint density at radius 1 is 1.24 bits per heavy atom. The first-order valence-corrected chi connectivity index (χ1v) is 7.93. The molecule has 1 heterocycles. The maximum absolute atomic E-state index is 12.8. The van der Waals surface area contributed by atoms with E-state index in [2.05, 4.69) is 5.32 Å². The van der Waals surface area contributed by atoms with E-state index in [9.17, 15) is 19.5 Å². The number of carboxylic acid groups (broad SMARTS) is 1. The summed E-state index contributed by atoms with van der Waals surface area (Å²) in [5.41, 5.74) is 0.622. The molecule has 1 aromatic carbocycles. The van der Waals surface area contributed by atoms with Gasteiger partial charge in [-0.1, -0.05) is 0 Å². The molecule has 1 aliphatic heterocycles. The van der Waals surface area contributed by atoms with E-state index in [1.54, 1.807) is 0 Å². The van der Waals surface area contributed by atoms with Crippen molar-refractivity contribution in [3.8, 4) is 11.5 Å². The highest BCUT2D eigenvalue weighted by atomic mass is 16.5. The Morgan fingerprint density at radius 2 is 1.96 bits per heavy atom. The molecule has 1 aromatic rings. The van der Waals surface area contributed by atoms with Crippen LogP contribution in [0.25, 0.3) is 0 Å². The number of hydrogen-bond donors (Lipinski definition) is 2. The lowest BCUT2D eigenvalue weighted by Crippen LogP contribution is -2.42. The largest absolute Gasteiger partial charge is 0.493 e. The quantitative estimate of drug-likeness (QED) is 0.836. The highest BCUT2D eigenvalue weighted by Gasteiger charge is 2.29. The van der Waals surface area contributed by atoms with Crippen LogP contribution in [0.5, 0.6) is 11.5 Å². The van der Waals surface area contributed by atoms with E-state index in [1.807, 2.05) is 0 Å². The zero-order valence-corrected chi connectivity index (χ0v) is 14.5. The van der Waals surface area contributed by atoms with Crippen LogP contribution in [-0.4, -0.2) is 55.1 Å². The van der Waals surface area contributed by atoms with Gasteiger partial charge in [0.25, 0.3) is 5.91 Å². The molecule has 2 amide bonds. The van der Waals surface area contributed by atoms with Crippen LogP contribution in [0, 0.1) is 5.92 Å².